The summed E-state index contributed by atoms with van der Waals surface area (Å²) in [7, 11) is 5.38. The second-order valence-electron chi connectivity index (χ2n) is 5.61. The van der Waals surface area contributed by atoms with Crippen LogP contribution in [-0.2, 0) is 13.0 Å². The maximum atomic E-state index is 5.38. The highest BCUT2D eigenvalue weighted by Crippen LogP contribution is 2.27. The molecule has 144 valence electrons. The van der Waals surface area contributed by atoms with Crippen LogP contribution in [0.2, 0.25) is 0 Å². The van der Waals surface area contributed by atoms with E-state index in [1.165, 1.54) is 10.4 Å². The van der Waals surface area contributed by atoms with Crippen LogP contribution in [0, 0.1) is 0 Å². The highest BCUT2D eigenvalue weighted by Gasteiger charge is 2.08. The Morgan fingerprint density at radius 1 is 1.19 bits per heavy atom. The molecule has 0 fully saturated rings. The first-order chi connectivity index (χ1) is 12.2. The average molecular weight is 489 g/mol. The fraction of sp³-hybridized carbons (Fsp3) is 0.421. The molecule has 0 unspecified atom stereocenters. The van der Waals surface area contributed by atoms with Gasteiger partial charge in [-0.05, 0) is 42.5 Å². The number of thiophene rings is 1. The van der Waals surface area contributed by atoms with Crippen LogP contribution in [-0.4, -0.2) is 45.2 Å². The summed E-state index contributed by atoms with van der Waals surface area (Å²) < 4.78 is 10.7. The van der Waals surface area contributed by atoms with Gasteiger partial charge >= 0.3 is 0 Å². The van der Waals surface area contributed by atoms with Crippen molar-refractivity contribution in [1.29, 1.82) is 0 Å². The van der Waals surface area contributed by atoms with Gasteiger partial charge in [-0.25, -0.2) is 4.99 Å². The highest BCUT2D eigenvalue weighted by atomic mass is 127. The second kappa shape index (κ2) is 12.0. The number of ether oxygens (including phenoxy) is 2. The monoisotopic (exact) mass is 489 g/mol. The van der Waals surface area contributed by atoms with Gasteiger partial charge < -0.3 is 19.7 Å². The molecule has 7 heteroatoms. The van der Waals surface area contributed by atoms with Crippen LogP contribution in [0.15, 0.2) is 40.7 Å². The van der Waals surface area contributed by atoms with Crippen molar-refractivity contribution in [3.8, 4) is 11.5 Å². The Bertz CT molecular complexity index is 677. The van der Waals surface area contributed by atoms with E-state index < -0.39 is 0 Å². The third-order valence-corrected chi connectivity index (χ3v) is 4.71. The number of benzene rings is 1. The SMILES string of the molecule is CCNC(=NCc1cccs1)N(C)CCc1ccc(OC)c(OC)c1.I. The molecule has 0 saturated carbocycles. The summed E-state index contributed by atoms with van der Waals surface area (Å²) in [4.78, 5) is 8.15. The van der Waals surface area contributed by atoms with E-state index in [4.69, 9.17) is 14.5 Å². The van der Waals surface area contributed by atoms with E-state index in [9.17, 15) is 0 Å². The van der Waals surface area contributed by atoms with Crippen LogP contribution in [0.25, 0.3) is 0 Å². The number of nitrogens with zero attached hydrogens (tertiary/aromatic N) is 2. The number of nitrogens with one attached hydrogen (secondary N) is 1. The molecule has 2 rings (SSSR count). The Labute approximate surface area is 177 Å². The molecule has 1 aromatic heterocycles. The zero-order valence-electron chi connectivity index (χ0n) is 15.8. The van der Waals surface area contributed by atoms with E-state index in [1.54, 1.807) is 25.6 Å². The van der Waals surface area contributed by atoms with Crippen molar-refractivity contribution in [3.05, 3.63) is 46.2 Å². The van der Waals surface area contributed by atoms with Gasteiger partial charge in [0.05, 0.1) is 20.8 Å². The summed E-state index contributed by atoms with van der Waals surface area (Å²) in [6.45, 7) is 4.51. The fourth-order valence-electron chi connectivity index (χ4n) is 2.46. The fourth-order valence-corrected chi connectivity index (χ4v) is 3.09. The molecule has 0 bridgehead atoms. The topological polar surface area (TPSA) is 46.1 Å². The number of rotatable bonds is 8. The lowest BCUT2D eigenvalue weighted by atomic mass is 10.1. The van der Waals surface area contributed by atoms with E-state index in [-0.39, 0.29) is 24.0 Å². The van der Waals surface area contributed by atoms with Gasteiger partial charge in [0.15, 0.2) is 17.5 Å². The Morgan fingerprint density at radius 3 is 2.58 bits per heavy atom. The average Bonchev–Trinajstić information content (AvgIpc) is 3.16. The molecule has 0 atom stereocenters. The van der Waals surface area contributed by atoms with E-state index in [0.29, 0.717) is 6.54 Å². The molecule has 0 aliphatic rings. The van der Waals surface area contributed by atoms with Crippen molar-refractivity contribution in [2.45, 2.75) is 19.9 Å². The Hall–Kier alpha value is -1.48. The predicted molar refractivity (Wildman–Crippen MR) is 120 cm³/mol. The second-order valence-corrected chi connectivity index (χ2v) is 6.64. The molecular formula is C19H28IN3O2S. The van der Waals surface area contributed by atoms with Crippen molar-refractivity contribution in [2.75, 3.05) is 34.4 Å². The van der Waals surface area contributed by atoms with E-state index in [1.807, 2.05) is 12.1 Å². The minimum absolute atomic E-state index is 0. The molecule has 0 radical (unpaired) electrons. The Morgan fingerprint density at radius 2 is 1.96 bits per heavy atom. The Kier molecular flexibility index (Phi) is 10.4. The van der Waals surface area contributed by atoms with Crippen molar-refractivity contribution in [3.63, 3.8) is 0 Å². The quantitative estimate of drug-likeness (QED) is 0.346. The van der Waals surface area contributed by atoms with Crippen LogP contribution in [0.1, 0.15) is 17.4 Å². The first-order valence-corrected chi connectivity index (χ1v) is 9.28. The van der Waals surface area contributed by atoms with E-state index >= 15 is 0 Å². The maximum Gasteiger partial charge on any atom is 0.194 e. The van der Waals surface area contributed by atoms with Crippen molar-refractivity contribution < 1.29 is 9.47 Å². The lowest BCUT2D eigenvalue weighted by molar-refractivity contribution is 0.354. The molecule has 1 N–H and O–H groups in total. The summed E-state index contributed by atoms with van der Waals surface area (Å²) in [5.41, 5.74) is 1.21. The van der Waals surface area contributed by atoms with Crippen LogP contribution in [0.5, 0.6) is 11.5 Å². The normalized spacial score (nSPS) is 10.8. The van der Waals surface area contributed by atoms with Crippen LogP contribution >= 0.6 is 35.3 Å². The van der Waals surface area contributed by atoms with Gasteiger partial charge in [0.2, 0.25) is 0 Å². The molecule has 5 nitrogen and oxygen atoms in total. The van der Waals surface area contributed by atoms with E-state index in [2.05, 4.69) is 47.8 Å². The van der Waals surface area contributed by atoms with Crippen molar-refractivity contribution >= 4 is 41.3 Å². The van der Waals surface area contributed by atoms with Gasteiger partial charge in [-0.1, -0.05) is 12.1 Å². The van der Waals surface area contributed by atoms with Crippen LogP contribution in [0.4, 0.5) is 0 Å². The highest BCUT2D eigenvalue weighted by molar-refractivity contribution is 14.0. The van der Waals surface area contributed by atoms with Crippen LogP contribution < -0.4 is 14.8 Å². The third-order valence-electron chi connectivity index (χ3n) is 3.85. The number of hydrogen-bond donors (Lipinski definition) is 1. The Balaban J connectivity index is 0.00000338. The number of aliphatic imine (C=N–C) groups is 1. The minimum Gasteiger partial charge on any atom is -0.493 e. The summed E-state index contributed by atoms with van der Waals surface area (Å²) in [5.74, 6) is 2.45. The standard InChI is InChI=1S/C19H27N3O2S.HI/c1-5-20-19(21-14-16-7-6-12-25-16)22(2)11-10-15-8-9-17(23-3)18(13-15)24-4;/h6-9,12-13H,5,10-11,14H2,1-4H3,(H,20,21);1H. The molecular weight excluding hydrogens is 461 g/mol. The lowest BCUT2D eigenvalue weighted by Gasteiger charge is -2.22. The van der Waals surface area contributed by atoms with Gasteiger partial charge in [0.1, 0.15) is 0 Å². The van der Waals surface area contributed by atoms with Crippen molar-refractivity contribution in [2.24, 2.45) is 4.99 Å². The number of likely N-dealkylation sites (N-methyl/N-ethyl adjacent to an activating group) is 1. The summed E-state index contributed by atoms with van der Waals surface area (Å²) in [5, 5.41) is 5.44. The van der Waals surface area contributed by atoms with Crippen molar-refractivity contribution in [1.82, 2.24) is 10.2 Å². The van der Waals surface area contributed by atoms with Gasteiger partial charge in [0.25, 0.3) is 0 Å². The van der Waals surface area contributed by atoms with Gasteiger partial charge in [0, 0.05) is 25.0 Å². The molecule has 26 heavy (non-hydrogen) atoms. The number of halogens is 1. The van der Waals surface area contributed by atoms with Gasteiger partial charge in [-0.15, -0.1) is 35.3 Å². The molecule has 0 saturated heterocycles. The summed E-state index contributed by atoms with van der Waals surface area (Å²) >= 11 is 1.73. The van der Waals surface area contributed by atoms with Crippen LogP contribution in [0.3, 0.4) is 0 Å². The number of methoxy groups -OCH3 is 2. The first kappa shape index (κ1) is 22.6. The lowest BCUT2D eigenvalue weighted by Crippen LogP contribution is -2.39. The zero-order valence-corrected chi connectivity index (χ0v) is 19.0. The molecule has 0 aliphatic heterocycles. The molecule has 2 aromatic rings. The summed E-state index contributed by atoms with van der Waals surface area (Å²) in [6, 6.07) is 10.2. The molecule has 0 aliphatic carbocycles. The minimum atomic E-state index is 0. The largest absolute Gasteiger partial charge is 0.493 e. The zero-order chi connectivity index (χ0) is 18.1. The molecule has 1 heterocycles. The smallest absolute Gasteiger partial charge is 0.194 e. The molecule has 1 aromatic carbocycles. The maximum absolute atomic E-state index is 5.38. The first-order valence-electron chi connectivity index (χ1n) is 8.40. The molecule has 0 spiro atoms. The third kappa shape index (κ3) is 6.68. The van der Waals surface area contributed by atoms with E-state index in [0.717, 1.165) is 37.0 Å². The van der Waals surface area contributed by atoms with Gasteiger partial charge in [-0.2, -0.15) is 0 Å². The van der Waals surface area contributed by atoms with Gasteiger partial charge in [-0.3, -0.25) is 0 Å². The number of hydrogen-bond acceptors (Lipinski definition) is 4. The summed E-state index contributed by atoms with van der Waals surface area (Å²) in [6.07, 6.45) is 0.903. The molecule has 0 amide bonds. The predicted octanol–water partition coefficient (Wildman–Crippen LogP) is 4.02. The number of guanidine groups is 1.